The average Bonchev–Trinajstić information content (AvgIpc) is 3.10. The molecule has 31 heavy (non-hydrogen) atoms. The summed E-state index contributed by atoms with van der Waals surface area (Å²) in [7, 11) is 0. The highest BCUT2D eigenvalue weighted by Crippen LogP contribution is 2.44. The van der Waals surface area contributed by atoms with Crippen LogP contribution in [0.25, 0.3) is 11.1 Å². The van der Waals surface area contributed by atoms with Crippen molar-refractivity contribution in [1.29, 1.82) is 0 Å². The summed E-state index contributed by atoms with van der Waals surface area (Å²) >= 11 is 0. The number of aromatic carboxylic acids is 1. The maximum Gasteiger partial charge on any atom is 0.407 e. The number of carboxylic acids is 1. The average molecular weight is 417 g/mol. The van der Waals surface area contributed by atoms with Gasteiger partial charge in [-0.3, -0.25) is 0 Å². The van der Waals surface area contributed by atoms with Gasteiger partial charge in [-0.15, -0.1) is 0 Å². The molecular formula is C25H23NO5. The first-order valence-electron chi connectivity index (χ1n) is 10.1. The molecule has 0 saturated carbocycles. The van der Waals surface area contributed by atoms with E-state index in [1.165, 1.54) is 23.3 Å². The molecule has 1 atom stereocenters. The molecule has 1 amide bonds. The summed E-state index contributed by atoms with van der Waals surface area (Å²) in [6, 6.07) is 22.3. The van der Waals surface area contributed by atoms with Crippen molar-refractivity contribution in [2.75, 3.05) is 13.2 Å². The van der Waals surface area contributed by atoms with Crippen LogP contribution in [0.5, 0.6) is 5.75 Å². The van der Waals surface area contributed by atoms with Gasteiger partial charge in [-0.2, -0.15) is 0 Å². The number of hydrogen-bond donors (Lipinski definition) is 2. The Balaban J connectivity index is 1.31. The number of nitrogens with one attached hydrogen (secondary N) is 1. The zero-order valence-corrected chi connectivity index (χ0v) is 17.1. The van der Waals surface area contributed by atoms with Gasteiger partial charge in [0.25, 0.3) is 0 Å². The van der Waals surface area contributed by atoms with Crippen molar-refractivity contribution in [2.45, 2.75) is 18.9 Å². The predicted molar refractivity (Wildman–Crippen MR) is 117 cm³/mol. The topological polar surface area (TPSA) is 84.9 Å². The lowest BCUT2D eigenvalue weighted by Crippen LogP contribution is -2.37. The first kappa shape index (κ1) is 20.5. The van der Waals surface area contributed by atoms with Crippen molar-refractivity contribution in [3.05, 3.63) is 89.5 Å². The van der Waals surface area contributed by atoms with Crippen LogP contribution in [-0.4, -0.2) is 36.4 Å². The minimum absolute atomic E-state index is 0.00321. The maximum absolute atomic E-state index is 12.3. The van der Waals surface area contributed by atoms with E-state index in [9.17, 15) is 9.59 Å². The maximum atomic E-state index is 12.3. The van der Waals surface area contributed by atoms with Gasteiger partial charge in [0.1, 0.15) is 19.0 Å². The molecule has 6 heteroatoms. The largest absolute Gasteiger partial charge is 0.491 e. The molecule has 1 aliphatic rings. The monoisotopic (exact) mass is 417 g/mol. The van der Waals surface area contributed by atoms with Crippen molar-refractivity contribution in [1.82, 2.24) is 5.32 Å². The van der Waals surface area contributed by atoms with E-state index in [0.717, 1.165) is 11.1 Å². The van der Waals surface area contributed by atoms with E-state index in [4.69, 9.17) is 14.6 Å². The lowest BCUT2D eigenvalue weighted by Gasteiger charge is -2.17. The lowest BCUT2D eigenvalue weighted by molar-refractivity contribution is 0.0696. The second-order valence-corrected chi connectivity index (χ2v) is 7.51. The van der Waals surface area contributed by atoms with Crippen molar-refractivity contribution >= 4 is 12.1 Å². The zero-order chi connectivity index (χ0) is 21.8. The van der Waals surface area contributed by atoms with Crippen LogP contribution in [0.4, 0.5) is 4.79 Å². The molecule has 0 spiro atoms. The number of carbonyl (C=O) groups excluding carboxylic acids is 1. The van der Waals surface area contributed by atoms with Crippen LogP contribution in [0.1, 0.15) is 34.3 Å². The van der Waals surface area contributed by atoms with Crippen LogP contribution in [0.15, 0.2) is 72.8 Å². The number of amides is 1. The Morgan fingerprint density at radius 1 is 0.968 bits per heavy atom. The third-order valence-electron chi connectivity index (χ3n) is 5.29. The lowest BCUT2D eigenvalue weighted by atomic mass is 9.98. The smallest absolute Gasteiger partial charge is 0.407 e. The van der Waals surface area contributed by atoms with Crippen LogP contribution < -0.4 is 10.1 Å². The number of carboxylic acid groups (broad SMARTS) is 1. The molecule has 2 N–H and O–H groups in total. The molecule has 1 aliphatic carbocycles. The normalized spacial score (nSPS) is 13.1. The fraction of sp³-hybridized carbons (Fsp3) is 0.200. The van der Waals surface area contributed by atoms with E-state index in [-0.39, 0.29) is 30.7 Å². The number of fused-ring (bicyclic) bond motifs is 3. The predicted octanol–water partition coefficient (Wildman–Crippen LogP) is 4.69. The van der Waals surface area contributed by atoms with Crippen LogP contribution in [0.2, 0.25) is 0 Å². The highest BCUT2D eigenvalue weighted by Gasteiger charge is 2.29. The van der Waals surface area contributed by atoms with Gasteiger partial charge >= 0.3 is 12.1 Å². The second kappa shape index (κ2) is 8.92. The second-order valence-electron chi connectivity index (χ2n) is 7.51. The molecule has 0 aromatic heterocycles. The Morgan fingerprint density at radius 3 is 2.26 bits per heavy atom. The fourth-order valence-electron chi connectivity index (χ4n) is 3.82. The third kappa shape index (κ3) is 4.53. The van der Waals surface area contributed by atoms with Gasteiger partial charge in [-0.1, -0.05) is 54.6 Å². The molecule has 0 bridgehead atoms. The van der Waals surface area contributed by atoms with Crippen molar-refractivity contribution in [3.63, 3.8) is 0 Å². The molecule has 3 aromatic carbocycles. The molecule has 1 unspecified atom stereocenters. The first-order chi connectivity index (χ1) is 15.0. The minimum Gasteiger partial charge on any atom is -0.491 e. The number of rotatable bonds is 7. The van der Waals surface area contributed by atoms with Crippen LogP contribution in [0, 0.1) is 0 Å². The Kier molecular flexibility index (Phi) is 5.89. The first-order valence-corrected chi connectivity index (χ1v) is 10.1. The Labute approximate surface area is 180 Å². The molecule has 0 heterocycles. The number of ether oxygens (including phenoxy) is 2. The van der Waals surface area contributed by atoms with E-state index in [1.807, 2.05) is 24.3 Å². The number of hydrogen-bond acceptors (Lipinski definition) is 4. The van der Waals surface area contributed by atoms with Gasteiger partial charge in [0.15, 0.2) is 0 Å². The quantitative estimate of drug-likeness (QED) is 0.583. The summed E-state index contributed by atoms with van der Waals surface area (Å²) in [5, 5.41) is 11.8. The minimum atomic E-state index is -1.02. The fourth-order valence-corrected chi connectivity index (χ4v) is 3.82. The molecule has 0 saturated heterocycles. The molecule has 6 nitrogen and oxygen atoms in total. The standard InChI is InChI=1S/C25H23NO5/c1-16(14-30-18-8-6-7-17(13-18)24(27)28)26-25(29)31-15-23-21-11-4-2-9-19(21)20-10-3-5-12-22(20)23/h2-13,16,23H,14-15H2,1H3,(H,26,29)(H,27,28). The highest BCUT2D eigenvalue weighted by atomic mass is 16.5. The van der Waals surface area contributed by atoms with Crippen molar-refractivity contribution in [2.24, 2.45) is 0 Å². The van der Waals surface area contributed by atoms with E-state index < -0.39 is 12.1 Å². The van der Waals surface area contributed by atoms with Gasteiger partial charge in [0.2, 0.25) is 0 Å². The third-order valence-corrected chi connectivity index (χ3v) is 5.29. The van der Waals surface area contributed by atoms with E-state index in [1.54, 1.807) is 19.1 Å². The molecule has 3 aromatic rings. The van der Waals surface area contributed by atoms with Crippen molar-refractivity contribution in [3.8, 4) is 16.9 Å². The summed E-state index contributed by atoms with van der Waals surface area (Å²) < 4.78 is 11.1. The molecule has 0 radical (unpaired) electrons. The van der Waals surface area contributed by atoms with Crippen LogP contribution in [-0.2, 0) is 4.74 Å². The van der Waals surface area contributed by atoms with Crippen LogP contribution in [0.3, 0.4) is 0 Å². The van der Waals surface area contributed by atoms with Crippen molar-refractivity contribution < 1.29 is 24.2 Å². The zero-order valence-electron chi connectivity index (χ0n) is 17.1. The highest BCUT2D eigenvalue weighted by molar-refractivity contribution is 5.88. The number of carbonyl (C=O) groups is 2. The molecular weight excluding hydrogens is 394 g/mol. The van der Waals surface area contributed by atoms with E-state index >= 15 is 0 Å². The molecule has 158 valence electrons. The van der Waals surface area contributed by atoms with Crippen LogP contribution >= 0.6 is 0 Å². The summed E-state index contributed by atoms with van der Waals surface area (Å²) in [4.78, 5) is 23.4. The number of alkyl carbamates (subject to hydrolysis) is 1. The van der Waals surface area contributed by atoms with E-state index in [0.29, 0.717) is 5.75 Å². The molecule has 0 fully saturated rings. The van der Waals surface area contributed by atoms with Gasteiger partial charge in [-0.05, 0) is 47.4 Å². The summed E-state index contributed by atoms with van der Waals surface area (Å²) in [6.45, 7) is 2.23. The SMILES string of the molecule is CC(COc1cccc(C(=O)O)c1)NC(=O)OCC1c2ccccc2-c2ccccc21. The summed E-state index contributed by atoms with van der Waals surface area (Å²) in [6.07, 6.45) is -0.516. The van der Waals surface area contributed by atoms with Gasteiger partial charge in [-0.25, -0.2) is 9.59 Å². The Hall–Kier alpha value is -3.80. The molecule has 0 aliphatic heterocycles. The molecule has 4 rings (SSSR count). The Bertz CT molecular complexity index is 1060. The van der Waals surface area contributed by atoms with E-state index in [2.05, 4.69) is 29.6 Å². The summed E-state index contributed by atoms with van der Waals surface area (Å²) in [5.74, 6) is -0.584. The van der Waals surface area contributed by atoms with Gasteiger partial charge in [0, 0.05) is 5.92 Å². The van der Waals surface area contributed by atoms with Gasteiger partial charge < -0.3 is 19.9 Å². The van der Waals surface area contributed by atoms with Gasteiger partial charge in [0.05, 0.1) is 11.6 Å². The Morgan fingerprint density at radius 2 is 1.61 bits per heavy atom. The summed E-state index contributed by atoms with van der Waals surface area (Å²) in [5.41, 5.74) is 4.82. The number of benzene rings is 3.